The average Bonchev–Trinajstić information content (AvgIpc) is 3.13. The molecule has 140 valence electrons. The summed E-state index contributed by atoms with van der Waals surface area (Å²) in [7, 11) is 4.06. The van der Waals surface area contributed by atoms with Crippen molar-refractivity contribution in [2.75, 3.05) is 27.2 Å². The molecule has 6 heteroatoms. The van der Waals surface area contributed by atoms with Gasteiger partial charge in [0, 0.05) is 18.5 Å². The SMILES string of the molecule is CN1CCC(N(C)C(=O)c2cc(-c3ccc(Cl)s3)nc3ccccc23)CC1. The molecule has 1 aliphatic heterocycles. The summed E-state index contributed by atoms with van der Waals surface area (Å²) in [4.78, 5) is 23.4. The predicted molar refractivity (Wildman–Crippen MR) is 113 cm³/mol. The van der Waals surface area contributed by atoms with Crippen molar-refractivity contribution >= 4 is 39.7 Å². The number of aromatic nitrogens is 1. The van der Waals surface area contributed by atoms with Crippen LogP contribution in [0.25, 0.3) is 21.5 Å². The Morgan fingerprint density at radius 1 is 1.22 bits per heavy atom. The molecule has 1 aliphatic rings. The molecule has 1 saturated heterocycles. The number of rotatable bonds is 3. The number of hydrogen-bond acceptors (Lipinski definition) is 4. The van der Waals surface area contributed by atoms with Crippen LogP contribution in [-0.4, -0.2) is 53.9 Å². The number of para-hydroxylation sites is 1. The van der Waals surface area contributed by atoms with Crippen LogP contribution in [0.3, 0.4) is 0 Å². The molecule has 0 atom stereocenters. The second-order valence-corrected chi connectivity index (χ2v) is 8.84. The van der Waals surface area contributed by atoms with Gasteiger partial charge in [0.25, 0.3) is 5.91 Å². The highest BCUT2D eigenvalue weighted by molar-refractivity contribution is 7.19. The molecule has 0 N–H and O–H groups in total. The number of piperidine rings is 1. The summed E-state index contributed by atoms with van der Waals surface area (Å²) in [6, 6.07) is 13.9. The Labute approximate surface area is 168 Å². The molecule has 0 aliphatic carbocycles. The normalized spacial score (nSPS) is 16.0. The molecule has 0 spiro atoms. The number of amides is 1. The van der Waals surface area contributed by atoms with Gasteiger partial charge in [-0.25, -0.2) is 4.98 Å². The van der Waals surface area contributed by atoms with Crippen molar-refractivity contribution in [3.8, 4) is 10.6 Å². The molecule has 4 nitrogen and oxygen atoms in total. The molecule has 1 amide bonds. The van der Waals surface area contributed by atoms with E-state index >= 15 is 0 Å². The number of carbonyl (C=O) groups is 1. The maximum Gasteiger partial charge on any atom is 0.254 e. The minimum atomic E-state index is 0.0621. The van der Waals surface area contributed by atoms with Gasteiger partial charge >= 0.3 is 0 Å². The first-order valence-electron chi connectivity index (χ1n) is 9.14. The Morgan fingerprint density at radius 2 is 1.96 bits per heavy atom. The fourth-order valence-corrected chi connectivity index (χ4v) is 4.67. The van der Waals surface area contributed by atoms with E-state index in [0.717, 1.165) is 51.7 Å². The first kappa shape index (κ1) is 18.4. The van der Waals surface area contributed by atoms with E-state index in [1.807, 2.05) is 54.4 Å². The maximum absolute atomic E-state index is 13.4. The average molecular weight is 400 g/mol. The first-order valence-corrected chi connectivity index (χ1v) is 10.3. The zero-order chi connectivity index (χ0) is 19.0. The number of fused-ring (bicyclic) bond motifs is 1. The molecule has 0 radical (unpaired) electrons. The number of thiophene rings is 1. The van der Waals surface area contributed by atoms with E-state index in [0.29, 0.717) is 5.56 Å². The van der Waals surface area contributed by atoms with E-state index in [-0.39, 0.29) is 11.9 Å². The quantitative estimate of drug-likeness (QED) is 0.635. The van der Waals surface area contributed by atoms with Gasteiger partial charge < -0.3 is 9.80 Å². The number of likely N-dealkylation sites (tertiary alicyclic amines) is 1. The Morgan fingerprint density at radius 3 is 2.67 bits per heavy atom. The molecular weight excluding hydrogens is 378 g/mol. The zero-order valence-corrected chi connectivity index (χ0v) is 17.1. The highest BCUT2D eigenvalue weighted by Crippen LogP contribution is 2.33. The highest BCUT2D eigenvalue weighted by Gasteiger charge is 2.26. The summed E-state index contributed by atoms with van der Waals surface area (Å²) in [6.45, 7) is 2.05. The first-order chi connectivity index (χ1) is 13.0. The van der Waals surface area contributed by atoms with Gasteiger partial charge in [-0.05, 0) is 57.2 Å². The highest BCUT2D eigenvalue weighted by atomic mass is 35.5. The lowest BCUT2D eigenvalue weighted by atomic mass is 10.0. The van der Waals surface area contributed by atoms with Gasteiger partial charge in [0.15, 0.2) is 0 Å². The van der Waals surface area contributed by atoms with Crippen LogP contribution in [0.15, 0.2) is 42.5 Å². The van der Waals surface area contributed by atoms with Crippen LogP contribution < -0.4 is 0 Å². The van der Waals surface area contributed by atoms with Crippen molar-refractivity contribution in [2.45, 2.75) is 18.9 Å². The molecular formula is C21H22ClN3OS. The molecule has 4 rings (SSSR count). The van der Waals surface area contributed by atoms with Crippen LogP contribution in [0.5, 0.6) is 0 Å². The fourth-order valence-electron chi connectivity index (χ4n) is 3.67. The van der Waals surface area contributed by atoms with Crippen LogP contribution in [0.4, 0.5) is 0 Å². The third kappa shape index (κ3) is 3.72. The third-order valence-electron chi connectivity index (χ3n) is 5.33. The van der Waals surface area contributed by atoms with Crippen molar-refractivity contribution in [1.29, 1.82) is 0 Å². The van der Waals surface area contributed by atoms with E-state index in [9.17, 15) is 4.79 Å². The van der Waals surface area contributed by atoms with E-state index in [4.69, 9.17) is 16.6 Å². The molecule has 3 aromatic rings. The van der Waals surface area contributed by atoms with Crippen molar-refractivity contribution in [3.05, 3.63) is 52.4 Å². The monoisotopic (exact) mass is 399 g/mol. The smallest absolute Gasteiger partial charge is 0.254 e. The standard InChI is InChI=1S/C21H22ClN3OS/c1-24-11-9-14(10-12-24)25(2)21(26)16-13-18(19-7-8-20(22)27-19)23-17-6-4-3-5-15(16)17/h3-8,13-14H,9-12H2,1-2H3. The second kappa shape index (κ2) is 7.58. The van der Waals surface area contributed by atoms with Gasteiger partial charge in [-0.2, -0.15) is 0 Å². The lowest BCUT2D eigenvalue weighted by Crippen LogP contribution is -2.44. The number of nitrogens with zero attached hydrogens (tertiary/aromatic N) is 3. The van der Waals surface area contributed by atoms with Crippen LogP contribution in [0, 0.1) is 0 Å². The minimum Gasteiger partial charge on any atom is -0.339 e. The Hall–Kier alpha value is -1.95. The Bertz CT molecular complexity index is 978. The van der Waals surface area contributed by atoms with Crippen molar-refractivity contribution in [2.24, 2.45) is 0 Å². The van der Waals surface area contributed by atoms with E-state index < -0.39 is 0 Å². The molecule has 1 fully saturated rings. The second-order valence-electron chi connectivity index (χ2n) is 7.13. The zero-order valence-electron chi connectivity index (χ0n) is 15.5. The third-order valence-corrected chi connectivity index (χ3v) is 6.58. The lowest BCUT2D eigenvalue weighted by Gasteiger charge is -2.35. The Kier molecular flexibility index (Phi) is 5.17. The minimum absolute atomic E-state index is 0.0621. The molecule has 0 saturated carbocycles. The molecule has 2 aromatic heterocycles. The van der Waals surface area contributed by atoms with Gasteiger partial charge in [0.2, 0.25) is 0 Å². The number of halogens is 1. The fraction of sp³-hybridized carbons (Fsp3) is 0.333. The van der Waals surface area contributed by atoms with Crippen molar-refractivity contribution in [1.82, 2.24) is 14.8 Å². The molecule has 0 bridgehead atoms. The van der Waals surface area contributed by atoms with E-state index in [2.05, 4.69) is 11.9 Å². The largest absolute Gasteiger partial charge is 0.339 e. The summed E-state index contributed by atoms with van der Waals surface area (Å²) < 4.78 is 0.719. The molecule has 0 unspecified atom stereocenters. The topological polar surface area (TPSA) is 36.4 Å². The predicted octanol–water partition coefficient (Wildman–Crippen LogP) is 4.78. The summed E-state index contributed by atoms with van der Waals surface area (Å²) in [5.74, 6) is 0.0621. The van der Waals surface area contributed by atoms with Gasteiger partial charge in [-0.1, -0.05) is 29.8 Å². The molecule has 3 heterocycles. The summed E-state index contributed by atoms with van der Waals surface area (Å²) in [6.07, 6.45) is 2.02. The number of hydrogen-bond donors (Lipinski definition) is 0. The van der Waals surface area contributed by atoms with Crippen LogP contribution in [0.2, 0.25) is 4.34 Å². The van der Waals surface area contributed by atoms with E-state index in [1.54, 1.807) is 0 Å². The van der Waals surface area contributed by atoms with Gasteiger partial charge in [0.1, 0.15) is 0 Å². The van der Waals surface area contributed by atoms with Crippen molar-refractivity contribution in [3.63, 3.8) is 0 Å². The Balaban J connectivity index is 1.74. The maximum atomic E-state index is 13.4. The van der Waals surface area contributed by atoms with Gasteiger partial charge in [-0.3, -0.25) is 4.79 Å². The lowest BCUT2D eigenvalue weighted by molar-refractivity contribution is 0.0661. The summed E-state index contributed by atoms with van der Waals surface area (Å²) >= 11 is 7.59. The number of pyridine rings is 1. The van der Waals surface area contributed by atoms with Crippen LogP contribution >= 0.6 is 22.9 Å². The van der Waals surface area contributed by atoms with Gasteiger partial charge in [-0.15, -0.1) is 11.3 Å². The number of carbonyl (C=O) groups excluding carboxylic acids is 1. The van der Waals surface area contributed by atoms with E-state index in [1.165, 1.54) is 11.3 Å². The number of benzene rings is 1. The van der Waals surface area contributed by atoms with Crippen LogP contribution in [-0.2, 0) is 0 Å². The summed E-state index contributed by atoms with van der Waals surface area (Å²) in [5.41, 5.74) is 2.34. The van der Waals surface area contributed by atoms with Crippen molar-refractivity contribution < 1.29 is 4.79 Å². The molecule has 27 heavy (non-hydrogen) atoms. The van der Waals surface area contributed by atoms with Crippen LogP contribution in [0.1, 0.15) is 23.2 Å². The molecule has 1 aromatic carbocycles. The van der Waals surface area contributed by atoms with Gasteiger partial charge in [0.05, 0.1) is 26.0 Å². The summed E-state index contributed by atoms with van der Waals surface area (Å²) in [5, 5.41) is 0.897.